The molecule has 0 aliphatic heterocycles. The Morgan fingerprint density at radius 2 is 1.69 bits per heavy atom. The van der Waals surface area contributed by atoms with Gasteiger partial charge in [-0.15, -0.1) is 12.4 Å². The zero-order chi connectivity index (χ0) is 30.6. The Morgan fingerprint density at radius 3 is 2.40 bits per heavy atom. The van der Waals surface area contributed by atoms with Gasteiger partial charge in [-0.05, 0) is 88.0 Å². The van der Waals surface area contributed by atoms with Gasteiger partial charge in [0.05, 0.1) is 32.3 Å². The van der Waals surface area contributed by atoms with Gasteiger partial charge >= 0.3 is 0 Å². The van der Waals surface area contributed by atoms with Crippen LogP contribution in [-0.2, 0) is 13.2 Å². The van der Waals surface area contributed by atoms with E-state index in [-0.39, 0.29) is 31.2 Å². The first kappa shape index (κ1) is 31.6. The molecule has 2 N–H and O–H groups in total. The third-order valence-electron chi connectivity index (χ3n) is 7.70. The minimum Gasteiger partial charge on any atom is -0.493 e. The van der Waals surface area contributed by atoms with Crippen molar-refractivity contribution in [1.82, 2.24) is 19.7 Å². The molecule has 0 fully saturated rings. The number of ether oxygens (including phenoxy) is 2. The number of nitrogens with zero attached hydrogens (tertiary/aromatic N) is 4. The third-order valence-corrected chi connectivity index (χ3v) is 7.70. The van der Waals surface area contributed by atoms with Gasteiger partial charge in [0.15, 0.2) is 17.3 Å². The van der Waals surface area contributed by atoms with E-state index in [1.807, 2.05) is 54.6 Å². The highest BCUT2D eigenvalue weighted by molar-refractivity contribution is 6.01. The van der Waals surface area contributed by atoms with E-state index in [0.717, 1.165) is 29.2 Å². The van der Waals surface area contributed by atoms with Crippen LogP contribution < -0.4 is 15.0 Å². The highest BCUT2D eigenvalue weighted by Crippen LogP contribution is 2.41. The summed E-state index contributed by atoms with van der Waals surface area (Å²) in [5.41, 5.74) is 3.58. The monoisotopic (exact) mass is 624 g/mol. The number of aliphatic hydroxyl groups is 2. The number of hydrogen-bond acceptors (Lipinski definition) is 8. The van der Waals surface area contributed by atoms with Crippen molar-refractivity contribution < 1.29 is 19.7 Å². The van der Waals surface area contributed by atoms with Gasteiger partial charge in [-0.3, -0.25) is 9.78 Å². The molecule has 0 amide bonds. The number of pyridine rings is 2. The molecule has 0 atom stereocenters. The normalized spacial score (nSPS) is 11.0. The summed E-state index contributed by atoms with van der Waals surface area (Å²) in [7, 11) is 1.59. The van der Waals surface area contributed by atoms with Gasteiger partial charge in [-0.25, -0.2) is 4.98 Å². The van der Waals surface area contributed by atoms with Crippen molar-refractivity contribution in [1.29, 1.82) is 0 Å². The zero-order valence-electron chi connectivity index (χ0n) is 24.9. The van der Waals surface area contributed by atoms with Gasteiger partial charge in [0.1, 0.15) is 5.69 Å². The largest absolute Gasteiger partial charge is 0.493 e. The number of rotatable bonds is 10. The Hall–Kier alpha value is -4.83. The molecule has 0 radical (unpaired) electrons. The summed E-state index contributed by atoms with van der Waals surface area (Å²) < 4.78 is 13.0. The SMILES string of the molecule is CCCCOc1cc2cc(CO)c(CO)c(-c3ccnc(-n4nc(-c5cccnc5)c5ccccc5c4=O)c3)c2cc1OC.Cl. The first-order valence-corrected chi connectivity index (χ1v) is 14.5. The molecule has 0 spiro atoms. The van der Waals surface area contributed by atoms with E-state index in [0.29, 0.717) is 62.6 Å². The Morgan fingerprint density at radius 1 is 0.867 bits per heavy atom. The number of aliphatic hydroxyl groups excluding tert-OH is 2. The van der Waals surface area contributed by atoms with E-state index in [1.54, 1.807) is 37.8 Å². The minimum absolute atomic E-state index is 0. The summed E-state index contributed by atoms with van der Waals surface area (Å²) >= 11 is 0. The quantitative estimate of drug-likeness (QED) is 0.172. The second kappa shape index (κ2) is 13.9. The molecule has 0 aliphatic carbocycles. The molecular weight excluding hydrogens is 592 g/mol. The number of hydrogen-bond donors (Lipinski definition) is 2. The zero-order valence-corrected chi connectivity index (χ0v) is 25.8. The van der Waals surface area contributed by atoms with Crippen molar-refractivity contribution in [2.75, 3.05) is 13.7 Å². The predicted molar refractivity (Wildman–Crippen MR) is 177 cm³/mol. The standard InChI is InChI=1S/C35H32N4O5.ClH/c1-3-4-14-44-31-16-24-15-25(20-40)29(21-41)33(28(24)18-30(31)43-2)22-11-13-37-32(17-22)39-35(42)27-10-6-5-9-26(27)34(38-39)23-8-7-12-36-19-23;/h5-13,15-19,40-41H,3-4,14,20-21H2,1-2H3;1H. The fraction of sp³-hybridized carbons (Fsp3) is 0.200. The molecule has 0 bridgehead atoms. The Balaban J connectivity index is 0.00000400. The second-order valence-corrected chi connectivity index (χ2v) is 10.4. The average molecular weight is 625 g/mol. The van der Waals surface area contributed by atoms with Crippen LogP contribution in [0.1, 0.15) is 30.9 Å². The van der Waals surface area contributed by atoms with Crippen molar-refractivity contribution in [3.63, 3.8) is 0 Å². The highest BCUT2D eigenvalue weighted by Gasteiger charge is 2.20. The van der Waals surface area contributed by atoms with Crippen molar-refractivity contribution in [2.24, 2.45) is 0 Å². The van der Waals surface area contributed by atoms with E-state index in [1.165, 1.54) is 4.68 Å². The molecule has 230 valence electrons. The van der Waals surface area contributed by atoms with Crippen molar-refractivity contribution in [2.45, 2.75) is 33.0 Å². The first-order chi connectivity index (χ1) is 21.6. The van der Waals surface area contributed by atoms with Crippen LogP contribution >= 0.6 is 12.4 Å². The number of aromatic nitrogens is 4. The summed E-state index contributed by atoms with van der Waals surface area (Å²) in [6, 6.07) is 20.3. The van der Waals surface area contributed by atoms with Crippen LogP contribution in [0.5, 0.6) is 11.5 Å². The molecular formula is C35H33ClN4O5. The number of fused-ring (bicyclic) bond motifs is 2. The highest BCUT2D eigenvalue weighted by atomic mass is 35.5. The van der Waals surface area contributed by atoms with E-state index < -0.39 is 0 Å². The molecule has 9 nitrogen and oxygen atoms in total. The first-order valence-electron chi connectivity index (χ1n) is 14.5. The van der Waals surface area contributed by atoms with Crippen LogP contribution in [0.15, 0.2) is 90.1 Å². The molecule has 3 aromatic carbocycles. The Kier molecular flexibility index (Phi) is 9.73. The van der Waals surface area contributed by atoms with Gasteiger partial charge in [0.25, 0.3) is 5.56 Å². The lowest BCUT2D eigenvalue weighted by atomic mass is 9.90. The summed E-state index contributed by atoms with van der Waals surface area (Å²) in [6.07, 6.45) is 6.91. The maximum Gasteiger partial charge on any atom is 0.280 e. The van der Waals surface area contributed by atoms with Crippen LogP contribution in [0.4, 0.5) is 0 Å². The molecule has 0 unspecified atom stereocenters. The minimum atomic E-state index is -0.315. The van der Waals surface area contributed by atoms with Gasteiger partial charge in [-0.2, -0.15) is 9.78 Å². The van der Waals surface area contributed by atoms with Crippen molar-refractivity contribution in [3.8, 4) is 39.7 Å². The summed E-state index contributed by atoms with van der Waals surface area (Å²) in [4.78, 5) is 22.5. The fourth-order valence-corrected chi connectivity index (χ4v) is 5.51. The van der Waals surface area contributed by atoms with E-state index >= 15 is 0 Å². The Bertz CT molecular complexity index is 2030. The van der Waals surface area contributed by atoms with Gasteiger partial charge in [-0.1, -0.05) is 31.5 Å². The van der Waals surface area contributed by atoms with Crippen LogP contribution in [0.2, 0.25) is 0 Å². The number of unbranched alkanes of at least 4 members (excludes halogenated alkanes) is 1. The third kappa shape index (κ3) is 5.98. The van der Waals surface area contributed by atoms with Crippen molar-refractivity contribution in [3.05, 3.63) is 107 Å². The summed E-state index contributed by atoms with van der Waals surface area (Å²) in [5, 5.41) is 28.4. The predicted octanol–water partition coefficient (Wildman–Crippen LogP) is 6.26. The molecule has 6 rings (SSSR count). The molecule has 3 heterocycles. The van der Waals surface area contributed by atoms with E-state index in [9.17, 15) is 15.0 Å². The van der Waals surface area contributed by atoms with Gasteiger partial charge < -0.3 is 19.7 Å². The number of halogens is 1. The number of benzene rings is 3. The molecule has 0 aliphatic rings. The van der Waals surface area contributed by atoms with E-state index in [2.05, 4.69) is 16.9 Å². The summed E-state index contributed by atoms with van der Waals surface area (Å²) in [5.74, 6) is 1.46. The maximum atomic E-state index is 13.8. The second-order valence-electron chi connectivity index (χ2n) is 10.4. The lowest BCUT2D eigenvalue weighted by molar-refractivity contribution is 0.260. The fourth-order valence-electron chi connectivity index (χ4n) is 5.51. The smallest absolute Gasteiger partial charge is 0.280 e. The topological polar surface area (TPSA) is 120 Å². The molecule has 45 heavy (non-hydrogen) atoms. The lowest BCUT2D eigenvalue weighted by Crippen LogP contribution is -2.23. The molecule has 0 saturated heterocycles. The van der Waals surface area contributed by atoms with Gasteiger partial charge in [0, 0.05) is 29.5 Å². The Labute approximate surface area is 266 Å². The average Bonchev–Trinajstić information content (AvgIpc) is 3.07. The molecule has 6 aromatic rings. The summed E-state index contributed by atoms with van der Waals surface area (Å²) in [6.45, 7) is 2.07. The van der Waals surface area contributed by atoms with Crippen LogP contribution in [-0.4, -0.2) is 43.7 Å². The molecule has 10 heteroatoms. The molecule has 0 saturated carbocycles. The number of methoxy groups -OCH3 is 1. The van der Waals surface area contributed by atoms with Crippen LogP contribution in [0.3, 0.4) is 0 Å². The van der Waals surface area contributed by atoms with Crippen LogP contribution in [0.25, 0.3) is 49.7 Å². The lowest BCUT2D eigenvalue weighted by Gasteiger charge is -2.19. The van der Waals surface area contributed by atoms with Gasteiger partial charge in [0.2, 0.25) is 0 Å². The maximum absolute atomic E-state index is 13.8. The van der Waals surface area contributed by atoms with E-state index in [4.69, 9.17) is 14.6 Å². The van der Waals surface area contributed by atoms with Crippen molar-refractivity contribution >= 4 is 34.0 Å². The van der Waals surface area contributed by atoms with Crippen LogP contribution in [0, 0.1) is 0 Å². The molecule has 3 aromatic heterocycles.